The van der Waals surface area contributed by atoms with Crippen molar-refractivity contribution in [2.75, 3.05) is 11.9 Å². The number of nitrogens with two attached hydrogens (primary N) is 1. The number of carbonyl (C=O) groups is 2. The van der Waals surface area contributed by atoms with Gasteiger partial charge in [-0.15, -0.1) is 0 Å². The van der Waals surface area contributed by atoms with Crippen LogP contribution in [0.15, 0.2) is 28.7 Å². The van der Waals surface area contributed by atoms with Crippen molar-refractivity contribution in [3.63, 3.8) is 0 Å². The number of para-hydroxylation sites is 1. The second-order valence-electron chi connectivity index (χ2n) is 4.37. The molecule has 0 unspecified atom stereocenters. The molecule has 98 valence electrons. The molecule has 1 aromatic rings. The molecule has 18 heavy (non-hydrogen) atoms. The first-order chi connectivity index (χ1) is 8.33. The van der Waals surface area contributed by atoms with E-state index < -0.39 is 11.4 Å². The number of primary amides is 1. The topological polar surface area (TPSA) is 84.2 Å². The normalized spacial score (nSPS) is 11.1. The highest BCUT2D eigenvalue weighted by Gasteiger charge is 2.24. The van der Waals surface area contributed by atoms with Gasteiger partial charge in [0.2, 0.25) is 11.8 Å². The largest absolute Gasteiger partial charge is 0.368 e. The van der Waals surface area contributed by atoms with Gasteiger partial charge in [-0.1, -0.05) is 12.1 Å². The quantitative estimate of drug-likeness (QED) is 0.764. The number of anilines is 1. The molecule has 0 bridgehead atoms. The van der Waals surface area contributed by atoms with Crippen molar-refractivity contribution >= 4 is 33.4 Å². The molecule has 0 aliphatic rings. The maximum Gasteiger partial charge on any atom is 0.238 e. The summed E-state index contributed by atoms with van der Waals surface area (Å²) in [6.07, 6.45) is 0. The molecule has 2 amide bonds. The van der Waals surface area contributed by atoms with Gasteiger partial charge in [0, 0.05) is 4.47 Å². The third-order valence-corrected chi connectivity index (χ3v) is 3.15. The van der Waals surface area contributed by atoms with E-state index in [1.807, 2.05) is 18.2 Å². The van der Waals surface area contributed by atoms with E-state index in [9.17, 15) is 9.59 Å². The Morgan fingerprint density at radius 2 is 1.94 bits per heavy atom. The second-order valence-corrected chi connectivity index (χ2v) is 5.23. The molecule has 0 aliphatic carbocycles. The molecule has 0 aromatic heterocycles. The smallest absolute Gasteiger partial charge is 0.238 e. The third kappa shape index (κ3) is 4.12. The minimum absolute atomic E-state index is 0.0112. The molecular weight excluding hydrogens is 298 g/mol. The van der Waals surface area contributed by atoms with Crippen LogP contribution >= 0.6 is 15.9 Å². The monoisotopic (exact) mass is 313 g/mol. The zero-order chi connectivity index (χ0) is 13.8. The molecule has 0 aliphatic heterocycles. The Labute approximate surface area is 114 Å². The van der Waals surface area contributed by atoms with Crippen molar-refractivity contribution in [1.82, 2.24) is 5.32 Å². The summed E-state index contributed by atoms with van der Waals surface area (Å²) in [6, 6.07) is 7.28. The predicted octanol–water partition coefficient (Wildman–Crippen LogP) is 1.24. The molecule has 0 saturated heterocycles. The zero-order valence-corrected chi connectivity index (χ0v) is 11.9. The Balaban J connectivity index is 2.54. The van der Waals surface area contributed by atoms with E-state index in [1.165, 1.54) is 0 Å². The number of amides is 2. The lowest BCUT2D eigenvalue weighted by molar-refractivity contribution is -0.123. The predicted molar refractivity (Wildman–Crippen MR) is 74.0 cm³/mol. The fourth-order valence-electron chi connectivity index (χ4n) is 1.15. The number of hydrogen-bond donors (Lipinski definition) is 3. The SMILES string of the molecule is CC(C)(NCC(=O)Nc1ccccc1Br)C(N)=O. The first kappa shape index (κ1) is 14.7. The molecule has 0 saturated carbocycles. The number of benzene rings is 1. The summed E-state index contributed by atoms with van der Waals surface area (Å²) in [5.41, 5.74) is 4.96. The van der Waals surface area contributed by atoms with Gasteiger partial charge in [-0.25, -0.2) is 0 Å². The highest BCUT2D eigenvalue weighted by molar-refractivity contribution is 9.10. The van der Waals surface area contributed by atoms with Crippen LogP contribution in [0.3, 0.4) is 0 Å². The van der Waals surface area contributed by atoms with Gasteiger partial charge < -0.3 is 11.1 Å². The maximum atomic E-state index is 11.7. The lowest BCUT2D eigenvalue weighted by atomic mass is 10.1. The molecule has 0 heterocycles. The van der Waals surface area contributed by atoms with Gasteiger partial charge in [-0.2, -0.15) is 0 Å². The van der Waals surface area contributed by atoms with Crippen molar-refractivity contribution in [3.8, 4) is 0 Å². The minimum atomic E-state index is -0.911. The number of nitrogens with one attached hydrogen (secondary N) is 2. The molecule has 0 fully saturated rings. The fraction of sp³-hybridized carbons (Fsp3) is 0.333. The highest BCUT2D eigenvalue weighted by Crippen LogP contribution is 2.20. The van der Waals surface area contributed by atoms with Crippen LogP contribution in [0, 0.1) is 0 Å². The van der Waals surface area contributed by atoms with E-state index in [2.05, 4.69) is 26.6 Å². The highest BCUT2D eigenvalue weighted by atomic mass is 79.9. The number of rotatable bonds is 5. The van der Waals surface area contributed by atoms with Crippen molar-refractivity contribution in [2.45, 2.75) is 19.4 Å². The summed E-state index contributed by atoms with van der Waals surface area (Å²) in [4.78, 5) is 22.8. The molecule has 0 spiro atoms. The molecule has 5 nitrogen and oxygen atoms in total. The van der Waals surface area contributed by atoms with Gasteiger partial charge in [0.05, 0.1) is 17.8 Å². The Morgan fingerprint density at radius 1 is 1.33 bits per heavy atom. The zero-order valence-electron chi connectivity index (χ0n) is 10.3. The van der Waals surface area contributed by atoms with Crippen LogP contribution in [0.1, 0.15) is 13.8 Å². The number of hydrogen-bond acceptors (Lipinski definition) is 3. The molecule has 6 heteroatoms. The van der Waals surface area contributed by atoms with Crippen molar-refractivity contribution < 1.29 is 9.59 Å². The Morgan fingerprint density at radius 3 is 2.50 bits per heavy atom. The average molecular weight is 314 g/mol. The van der Waals surface area contributed by atoms with Gasteiger partial charge >= 0.3 is 0 Å². The van der Waals surface area contributed by atoms with E-state index in [4.69, 9.17) is 5.73 Å². The lowest BCUT2D eigenvalue weighted by Gasteiger charge is -2.21. The maximum absolute atomic E-state index is 11.7. The molecular formula is C12H16BrN3O2. The van der Waals surface area contributed by atoms with Crippen LogP contribution in [-0.4, -0.2) is 23.9 Å². The van der Waals surface area contributed by atoms with Gasteiger partial charge in [0.15, 0.2) is 0 Å². The number of halogens is 1. The standard InChI is InChI=1S/C12H16BrN3O2/c1-12(2,11(14)18)15-7-10(17)16-9-6-4-3-5-8(9)13/h3-6,15H,7H2,1-2H3,(H2,14,18)(H,16,17). The third-order valence-electron chi connectivity index (χ3n) is 2.45. The van der Waals surface area contributed by atoms with Gasteiger partial charge in [0.1, 0.15) is 0 Å². The van der Waals surface area contributed by atoms with Crippen molar-refractivity contribution in [2.24, 2.45) is 5.73 Å². The van der Waals surface area contributed by atoms with Crippen LogP contribution in [0.4, 0.5) is 5.69 Å². The van der Waals surface area contributed by atoms with Crippen LogP contribution in [0.5, 0.6) is 0 Å². The van der Waals surface area contributed by atoms with Gasteiger partial charge in [-0.3, -0.25) is 14.9 Å². The van der Waals surface area contributed by atoms with Crippen LogP contribution < -0.4 is 16.4 Å². The van der Waals surface area contributed by atoms with Gasteiger partial charge in [-0.05, 0) is 41.9 Å². The molecule has 0 atom stereocenters. The summed E-state index contributed by atoms with van der Waals surface area (Å²) in [5.74, 6) is -0.743. The summed E-state index contributed by atoms with van der Waals surface area (Å²) in [5, 5.41) is 5.52. The van der Waals surface area contributed by atoms with Crippen molar-refractivity contribution in [3.05, 3.63) is 28.7 Å². The molecule has 1 rings (SSSR count). The van der Waals surface area contributed by atoms with Crippen LogP contribution in [0.25, 0.3) is 0 Å². The van der Waals surface area contributed by atoms with Crippen LogP contribution in [-0.2, 0) is 9.59 Å². The Kier molecular flexibility index (Phi) is 4.86. The van der Waals surface area contributed by atoms with Crippen LogP contribution in [0.2, 0.25) is 0 Å². The minimum Gasteiger partial charge on any atom is -0.368 e. The summed E-state index contributed by atoms with van der Waals surface area (Å²) >= 11 is 3.33. The molecule has 0 radical (unpaired) electrons. The van der Waals surface area contributed by atoms with E-state index >= 15 is 0 Å². The number of carbonyl (C=O) groups excluding carboxylic acids is 2. The molecule has 1 aromatic carbocycles. The lowest BCUT2D eigenvalue weighted by Crippen LogP contribution is -2.52. The Bertz CT molecular complexity index is 460. The van der Waals surface area contributed by atoms with E-state index in [1.54, 1.807) is 19.9 Å². The van der Waals surface area contributed by atoms with Crippen molar-refractivity contribution in [1.29, 1.82) is 0 Å². The summed E-state index contributed by atoms with van der Waals surface area (Å²) in [7, 11) is 0. The van der Waals surface area contributed by atoms with E-state index in [-0.39, 0.29) is 12.5 Å². The second kappa shape index (κ2) is 5.97. The first-order valence-electron chi connectivity index (χ1n) is 5.42. The Hall–Kier alpha value is -1.40. The van der Waals surface area contributed by atoms with E-state index in [0.717, 1.165) is 4.47 Å². The fourth-order valence-corrected chi connectivity index (χ4v) is 1.53. The molecule has 4 N–H and O–H groups in total. The summed E-state index contributed by atoms with van der Waals surface area (Å²) in [6.45, 7) is 3.26. The van der Waals surface area contributed by atoms with E-state index in [0.29, 0.717) is 5.69 Å². The first-order valence-corrected chi connectivity index (χ1v) is 6.21. The average Bonchev–Trinajstić information content (AvgIpc) is 2.29. The summed E-state index contributed by atoms with van der Waals surface area (Å²) < 4.78 is 0.799. The van der Waals surface area contributed by atoms with Gasteiger partial charge in [0.25, 0.3) is 0 Å².